The number of thiocarbonyl (C=S) groups is 2. The van der Waals surface area contributed by atoms with Crippen LogP contribution in [0.15, 0.2) is 36.4 Å². The predicted molar refractivity (Wildman–Crippen MR) is 125 cm³/mol. The summed E-state index contributed by atoms with van der Waals surface area (Å²) < 4.78 is 27.3. The van der Waals surface area contributed by atoms with Crippen LogP contribution in [0.4, 0.5) is 20.2 Å². The van der Waals surface area contributed by atoms with Crippen molar-refractivity contribution >= 4 is 46.0 Å². The van der Waals surface area contributed by atoms with E-state index in [1.807, 2.05) is 0 Å². The minimum absolute atomic E-state index is 0.186. The van der Waals surface area contributed by atoms with Gasteiger partial charge in [-0.25, -0.2) is 8.78 Å². The van der Waals surface area contributed by atoms with Gasteiger partial charge in [-0.3, -0.25) is 0 Å². The zero-order valence-corrected chi connectivity index (χ0v) is 18.6. The minimum atomic E-state index is -0.281. The smallest absolute Gasteiger partial charge is 0.170 e. The van der Waals surface area contributed by atoms with E-state index in [0.29, 0.717) is 45.8 Å². The summed E-state index contributed by atoms with van der Waals surface area (Å²) in [5.74, 6) is -0.561. The molecule has 0 fully saturated rings. The molecule has 0 saturated carbocycles. The molecule has 2 rings (SSSR count). The molecule has 0 heterocycles. The normalized spacial score (nSPS) is 11.0. The maximum atomic E-state index is 13.6. The third-order valence-corrected chi connectivity index (χ3v) is 4.81. The molecule has 2 aromatic rings. The Balaban J connectivity index is 1.78. The van der Waals surface area contributed by atoms with Gasteiger partial charge in [0.05, 0.1) is 0 Å². The number of nitrogens with one attached hydrogen (secondary N) is 4. The van der Waals surface area contributed by atoms with Gasteiger partial charge in [-0.15, -0.1) is 0 Å². The summed E-state index contributed by atoms with van der Waals surface area (Å²) in [6.45, 7) is 8.66. The van der Waals surface area contributed by atoms with Crippen molar-refractivity contribution in [2.24, 2.45) is 5.41 Å². The van der Waals surface area contributed by atoms with E-state index in [4.69, 9.17) is 24.4 Å². The number of benzene rings is 2. The summed E-state index contributed by atoms with van der Waals surface area (Å²) in [4.78, 5) is 0. The van der Waals surface area contributed by atoms with Crippen LogP contribution in [0, 0.1) is 30.9 Å². The van der Waals surface area contributed by atoms with Crippen molar-refractivity contribution < 1.29 is 8.78 Å². The van der Waals surface area contributed by atoms with Gasteiger partial charge < -0.3 is 21.3 Å². The lowest BCUT2D eigenvalue weighted by Gasteiger charge is -2.27. The lowest BCUT2D eigenvalue weighted by atomic mass is 9.93. The molecule has 0 atom stereocenters. The van der Waals surface area contributed by atoms with Gasteiger partial charge in [-0.2, -0.15) is 0 Å². The molecular formula is C21H26F2N4S2. The van der Waals surface area contributed by atoms with E-state index in [1.165, 1.54) is 12.1 Å². The van der Waals surface area contributed by atoms with Gasteiger partial charge in [0, 0.05) is 24.5 Å². The molecule has 4 nitrogen and oxygen atoms in total. The van der Waals surface area contributed by atoms with Gasteiger partial charge in [-0.05, 0) is 79.1 Å². The molecule has 2 aromatic carbocycles. The highest BCUT2D eigenvalue weighted by molar-refractivity contribution is 7.80. The summed E-state index contributed by atoms with van der Waals surface area (Å²) in [5.41, 5.74) is 2.17. The molecule has 0 aliphatic rings. The van der Waals surface area contributed by atoms with Gasteiger partial charge >= 0.3 is 0 Å². The fourth-order valence-corrected chi connectivity index (χ4v) is 2.77. The van der Waals surface area contributed by atoms with E-state index in [9.17, 15) is 8.78 Å². The maximum Gasteiger partial charge on any atom is 0.170 e. The predicted octanol–water partition coefficient (Wildman–Crippen LogP) is 4.88. The van der Waals surface area contributed by atoms with Gasteiger partial charge in [0.1, 0.15) is 11.6 Å². The summed E-state index contributed by atoms with van der Waals surface area (Å²) in [6.07, 6.45) is 0. The highest BCUT2D eigenvalue weighted by Crippen LogP contribution is 2.16. The Morgan fingerprint density at radius 1 is 0.793 bits per heavy atom. The molecule has 8 heteroatoms. The Morgan fingerprint density at radius 3 is 1.52 bits per heavy atom. The molecule has 0 spiro atoms. The lowest BCUT2D eigenvalue weighted by Crippen LogP contribution is -2.44. The van der Waals surface area contributed by atoms with Gasteiger partial charge in [0.15, 0.2) is 10.2 Å². The van der Waals surface area contributed by atoms with Gasteiger partial charge in [0.2, 0.25) is 0 Å². The van der Waals surface area contributed by atoms with Crippen molar-refractivity contribution in [3.63, 3.8) is 0 Å². The van der Waals surface area contributed by atoms with Gasteiger partial charge in [0.25, 0.3) is 0 Å². The average molecular weight is 437 g/mol. The van der Waals surface area contributed by atoms with Crippen molar-refractivity contribution in [1.82, 2.24) is 10.6 Å². The molecule has 0 bridgehead atoms. The van der Waals surface area contributed by atoms with E-state index < -0.39 is 0 Å². The van der Waals surface area contributed by atoms with Crippen molar-refractivity contribution in [3.05, 3.63) is 59.2 Å². The Bertz CT molecular complexity index is 829. The van der Waals surface area contributed by atoms with E-state index in [0.717, 1.165) is 0 Å². The van der Waals surface area contributed by atoms with Crippen molar-refractivity contribution in [2.45, 2.75) is 27.7 Å². The molecule has 29 heavy (non-hydrogen) atoms. The number of hydrogen-bond donors (Lipinski definition) is 4. The lowest BCUT2D eigenvalue weighted by molar-refractivity contribution is 0.362. The number of aryl methyl sites for hydroxylation is 2. The maximum absolute atomic E-state index is 13.6. The van der Waals surface area contributed by atoms with E-state index in [-0.39, 0.29) is 17.0 Å². The Morgan fingerprint density at radius 2 is 1.17 bits per heavy atom. The second kappa shape index (κ2) is 9.93. The van der Waals surface area contributed by atoms with E-state index >= 15 is 0 Å². The fraction of sp³-hybridized carbons (Fsp3) is 0.333. The number of anilines is 2. The Kier molecular flexibility index (Phi) is 7.87. The zero-order chi connectivity index (χ0) is 21.6. The van der Waals surface area contributed by atoms with Gasteiger partial charge in [-0.1, -0.05) is 26.0 Å². The Labute approximate surface area is 181 Å². The average Bonchev–Trinajstić information content (AvgIpc) is 2.65. The first kappa shape index (κ1) is 23.0. The van der Waals surface area contributed by atoms with Crippen LogP contribution >= 0.6 is 24.4 Å². The zero-order valence-electron chi connectivity index (χ0n) is 17.0. The molecule has 0 amide bonds. The van der Waals surface area contributed by atoms with Crippen LogP contribution in [0.5, 0.6) is 0 Å². The molecule has 4 N–H and O–H groups in total. The quantitative estimate of drug-likeness (QED) is 0.484. The first-order valence-corrected chi connectivity index (χ1v) is 9.99. The summed E-state index contributed by atoms with van der Waals surface area (Å²) in [7, 11) is 0. The second-order valence-corrected chi connectivity index (χ2v) is 8.52. The molecule has 0 unspecified atom stereocenters. The summed E-state index contributed by atoms with van der Waals surface area (Å²) in [5, 5.41) is 13.1. The summed E-state index contributed by atoms with van der Waals surface area (Å²) in [6, 6.07) is 9.76. The molecule has 0 saturated heterocycles. The van der Waals surface area contributed by atoms with E-state index in [1.54, 1.807) is 38.1 Å². The number of halogens is 2. The first-order valence-electron chi connectivity index (χ1n) is 9.18. The number of hydrogen-bond acceptors (Lipinski definition) is 2. The number of rotatable bonds is 6. The third kappa shape index (κ3) is 7.55. The molecule has 0 aromatic heterocycles. The van der Waals surface area contributed by atoms with Crippen molar-refractivity contribution in [2.75, 3.05) is 23.7 Å². The van der Waals surface area contributed by atoms with Crippen molar-refractivity contribution in [3.8, 4) is 0 Å². The summed E-state index contributed by atoms with van der Waals surface area (Å²) >= 11 is 10.6. The highest BCUT2D eigenvalue weighted by Gasteiger charge is 2.19. The van der Waals surface area contributed by atoms with Crippen LogP contribution < -0.4 is 21.3 Å². The Hall–Kier alpha value is -2.32. The van der Waals surface area contributed by atoms with Crippen LogP contribution in [-0.2, 0) is 0 Å². The molecule has 0 aliphatic heterocycles. The molecule has 0 radical (unpaired) electrons. The SMILES string of the molecule is Cc1ccc(NC(=S)NCC(C)(C)CNC(=S)Nc2ccc(C)c(F)c2)cc1F. The first-order chi connectivity index (χ1) is 13.6. The molecular weight excluding hydrogens is 410 g/mol. The topological polar surface area (TPSA) is 48.1 Å². The molecule has 0 aliphatic carbocycles. The second-order valence-electron chi connectivity index (χ2n) is 7.71. The van der Waals surface area contributed by atoms with Crippen molar-refractivity contribution in [1.29, 1.82) is 0 Å². The van der Waals surface area contributed by atoms with Crippen LogP contribution in [0.3, 0.4) is 0 Å². The van der Waals surface area contributed by atoms with Crippen LogP contribution in [0.25, 0.3) is 0 Å². The fourth-order valence-electron chi connectivity index (χ4n) is 2.39. The standard InChI is InChI=1S/C21H26F2N4S2/c1-13-5-7-15(9-17(13)22)26-19(28)24-11-21(3,4)12-25-20(29)27-16-8-6-14(2)18(23)10-16/h5-10H,11-12H2,1-4H3,(H2,24,26,28)(H2,25,27,29). The highest BCUT2D eigenvalue weighted by atomic mass is 32.1. The van der Waals surface area contributed by atoms with Crippen LogP contribution in [0.1, 0.15) is 25.0 Å². The van der Waals surface area contributed by atoms with Crippen LogP contribution in [0.2, 0.25) is 0 Å². The van der Waals surface area contributed by atoms with Crippen LogP contribution in [-0.4, -0.2) is 23.3 Å². The van der Waals surface area contributed by atoms with E-state index in [2.05, 4.69) is 35.1 Å². The molecule has 156 valence electrons. The third-order valence-electron chi connectivity index (χ3n) is 4.31. The largest absolute Gasteiger partial charge is 0.362 e. The monoisotopic (exact) mass is 436 g/mol. The minimum Gasteiger partial charge on any atom is -0.362 e.